The molecule has 4 heteroatoms. The molecule has 0 aliphatic carbocycles. The van der Waals surface area contributed by atoms with Gasteiger partial charge in [0.1, 0.15) is 0 Å². The van der Waals surface area contributed by atoms with Gasteiger partial charge in [0.15, 0.2) is 0 Å². The molecule has 1 aromatic rings. The second-order valence-electron chi connectivity index (χ2n) is 4.37. The third-order valence-corrected chi connectivity index (χ3v) is 3.48. The Labute approximate surface area is 118 Å². The first-order valence-electron chi connectivity index (χ1n) is 6.39. The Hall–Kier alpha value is -0.420. The minimum atomic E-state index is 0.781. The van der Waals surface area contributed by atoms with E-state index in [1.54, 1.807) is 7.11 Å². The zero-order valence-corrected chi connectivity index (χ0v) is 12.8. The number of nitrogens with one attached hydrogen (secondary N) is 2. The Morgan fingerprint density at radius 2 is 1.94 bits per heavy atom. The molecule has 0 aliphatic heterocycles. The minimum absolute atomic E-state index is 0.781. The normalized spacial score (nSPS) is 10.8. The van der Waals surface area contributed by atoms with Gasteiger partial charge in [0.25, 0.3) is 0 Å². The SMILES string of the molecule is COCCNCCCNCc1cc(C)ccc1Br. The van der Waals surface area contributed by atoms with Crippen LogP contribution in [0, 0.1) is 6.92 Å². The van der Waals surface area contributed by atoms with Gasteiger partial charge in [-0.3, -0.25) is 0 Å². The fourth-order valence-corrected chi connectivity index (χ4v) is 2.09. The van der Waals surface area contributed by atoms with Gasteiger partial charge in [-0.1, -0.05) is 33.6 Å². The average molecular weight is 315 g/mol. The topological polar surface area (TPSA) is 33.3 Å². The van der Waals surface area contributed by atoms with E-state index in [9.17, 15) is 0 Å². The van der Waals surface area contributed by atoms with Gasteiger partial charge in [-0.05, 0) is 38.1 Å². The van der Waals surface area contributed by atoms with Gasteiger partial charge in [-0.25, -0.2) is 0 Å². The van der Waals surface area contributed by atoms with Crippen LogP contribution >= 0.6 is 15.9 Å². The molecule has 0 amide bonds. The van der Waals surface area contributed by atoms with Gasteiger partial charge in [0, 0.05) is 24.7 Å². The van der Waals surface area contributed by atoms with E-state index in [-0.39, 0.29) is 0 Å². The van der Waals surface area contributed by atoms with E-state index in [4.69, 9.17) is 4.74 Å². The summed E-state index contributed by atoms with van der Waals surface area (Å²) in [5.74, 6) is 0. The Bertz CT molecular complexity index is 345. The average Bonchev–Trinajstić information content (AvgIpc) is 2.36. The van der Waals surface area contributed by atoms with E-state index in [0.717, 1.165) is 39.2 Å². The lowest BCUT2D eigenvalue weighted by Crippen LogP contribution is -2.24. The number of benzene rings is 1. The lowest BCUT2D eigenvalue weighted by Gasteiger charge is -2.08. The number of halogens is 1. The maximum Gasteiger partial charge on any atom is 0.0587 e. The second-order valence-corrected chi connectivity index (χ2v) is 5.22. The molecule has 0 aliphatic rings. The second kappa shape index (κ2) is 9.50. The highest BCUT2D eigenvalue weighted by molar-refractivity contribution is 9.10. The van der Waals surface area contributed by atoms with Crippen LogP contribution in [0.25, 0.3) is 0 Å². The molecule has 1 aromatic carbocycles. The summed E-state index contributed by atoms with van der Waals surface area (Å²) in [5, 5.41) is 6.79. The van der Waals surface area contributed by atoms with E-state index in [2.05, 4.69) is 51.7 Å². The molecular formula is C14H23BrN2O. The quantitative estimate of drug-likeness (QED) is 0.687. The van der Waals surface area contributed by atoms with Crippen LogP contribution in [0.4, 0.5) is 0 Å². The van der Waals surface area contributed by atoms with Crippen molar-refractivity contribution in [3.63, 3.8) is 0 Å². The third kappa shape index (κ3) is 6.50. The molecule has 3 nitrogen and oxygen atoms in total. The number of aryl methyl sites for hydroxylation is 1. The summed E-state index contributed by atoms with van der Waals surface area (Å²) < 4.78 is 6.15. The fourth-order valence-electron chi connectivity index (χ4n) is 1.70. The minimum Gasteiger partial charge on any atom is -0.383 e. The molecule has 18 heavy (non-hydrogen) atoms. The van der Waals surface area contributed by atoms with Crippen molar-refractivity contribution >= 4 is 15.9 Å². The molecule has 0 unspecified atom stereocenters. The van der Waals surface area contributed by atoms with Gasteiger partial charge >= 0.3 is 0 Å². The molecule has 0 fully saturated rings. The summed E-state index contributed by atoms with van der Waals surface area (Å²) in [7, 11) is 1.73. The van der Waals surface area contributed by atoms with E-state index < -0.39 is 0 Å². The number of rotatable bonds is 9. The smallest absolute Gasteiger partial charge is 0.0587 e. The summed E-state index contributed by atoms with van der Waals surface area (Å²) in [4.78, 5) is 0. The first kappa shape index (κ1) is 15.6. The van der Waals surface area contributed by atoms with Crippen LogP contribution in [-0.4, -0.2) is 33.4 Å². The zero-order valence-electron chi connectivity index (χ0n) is 11.3. The van der Waals surface area contributed by atoms with Crippen molar-refractivity contribution in [3.05, 3.63) is 33.8 Å². The third-order valence-electron chi connectivity index (χ3n) is 2.71. The van der Waals surface area contributed by atoms with Crippen molar-refractivity contribution < 1.29 is 4.74 Å². The van der Waals surface area contributed by atoms with Crippen molar-refractivity contribution in [2.45, 2.75) is 19.9 Å². The van der Waals surface area contributed by atoms with Crippen molar-refractivity contribution in [3.8, 4) is 0 Å². The van der Waals surface area contributed by atoms with Crippen LogP contribution in [0.2, 0.25) is 0 Å². The number of methoxy groups -OCH3 is 1. The van der Waals surface area contributed by atoms with E-state index in [1.165, 1.54) is 15.6 Å². The Kier molecular flexibility index (Phi) is 8.25. The standard InChI is InChI=1S/C14H23BrN2O/c1-12-4-5-14(15)13(10-12)11-17-7-3-6-16-8-9-18-2/h4-5,10,16-17H,3,6-9,11H2,1-2H3. The van der Waals surface area contributed by atoms with Crippen molar-refractivity contribution in [1.29, 1.82) is 0 Å². The molecule has 2 N–H and O–H groups in total. The Balaban J connectivity index is 2.09. The van der Waals surface area contributed by atoms with E-state index in [1.807, 2.05) is 0 Å². The van der Waals surface area contributed by atoms with Crippen LogP contribution in [0.15, 0.2) is 22.7 Å². The van der Waals surface area contributed by atoms with Crippen LogP contribution in [-0.2, 0) is 11.3 Å². The molecule has 0 aromatic heterocycles. The summed E-state index contributed by atoms with van der Waals surface area (Å²) in [6, 6.07) is 6.44. The van der Waals surface area contributed by atoms with Gasteiger partial charge in [-0.2, -0.15) is 0 Å². The number of hydrogen-bond donors (Lipinski definition) is 2. The van der Waals surface area contributed by atoms with Crippen molar-refractivity contribution in [2.75, 3.05) is 33.4 Å². The lowest BCUT2D eigenvalue weighted by atomic mass is 10.1. The molecule has 0 heterocycles. The molecule has 0 radical (unpaired) electrons. The summed E-state index contributed by atoms with van der Waals surface area (Å²) in [6.07, 6.45) is 1.13. The fraction of sp³-hybridized carbons (Fsp3) is 0.571. The van der Waals surface area contributed by atoms with Gasteiger partial charge in [-0.15, -0.1) is 0 Å². The van der Waals surface area contributed by atoms with E-state index >= 15 is 0 Å². The van der Waals surface area contributed by atoms with Crippen LogP contribution in [0.3, 0.4) is 0 Å². The highest BCUT2D eigenvalue weighted by Gasteiger charge is 1.99. The molecule has 0 bridgehead atoms. The number of ether oxygens (including phenoxy) is 1. The monoisotopic (exact) mass is 314 g/mol. The molecule has 1 rings (SSSR count). The Morgan fingerprint density at radius 1 is 1.17 bits per heavy atom. The molecule has 102 valence electrons. The molecule has 0 saturated carbocycles. The molecule has 0 saturated heterocycles. The van der Waals surface area contributed by atoms with Crippen molar-refractivity contribution in [1.82, 2.24) is 10.6 Å². The summed E-state index contributed by atoms with van der Waals surface area (Å²) >= 11 is 3.58. The van der Waals surface area contributed by atoms with Crippen LogP contribution in [0.1, 0.15) is 17.5 Å². The predicted molar refractivity (Wildman–Crippen MR) is 79.9 cm³/mol. The van der Waals surface area contributed by atoms with Crippen molar-refractivity contribution in [2.24, 2.45) is 0 Å². The maximum atomic E-state index is 4.97. The highest BCUT2D eigenvalue weighted by atomic mass is 79.9. The van der Waals surface area contributed by atoms with Gasteiger partial charge < -0.3 is 15.4 Å². The van der Waals surface area contributed by atoms with E-state index in [0.29, 0.717) is 0 Å². The molecule has 0 atom stereocenters. The molecule has 0 spiro atoms. The van der Waals surface area contributed by atoms with Crippen LogP contribution < -0.4 is 10.6 Å². The van der Waals surface area contributed by atoms with Gasteiger partial charge in [0.05, 0.1) is 6.61 Å². The summed E-state index contributed by atoms with van der Waals surface area (Å²) in [5.41, 5.74) is 2.62. The largest absolute Gasteiger partial charge is 0.383 e. The summed E-state index contributed by atoms with van der Waals surface area (Å²) in [6.45, 7) is 6.81. The predicted octanol–water partition coefficient (Wildman–Crippen LogP) is 2.47. The van der Waals surface area contributed by atoms with Crippen LogP contribution in [0.5, 0.6) is 0 Å². The first-order valence-corrected chi connectivity index (χ1v) is 7.18. The zero-order chi connectivity index (χ0) is 13.2. The number of hydrogen-bond acceptors (Lipinski definition) is 3. The Morgan fingerprint density at radius 3 is 2.72 bits per heavy atom. The van der Waals surface area contributed by atoms with Gasteiger partial charge in [0.2, 0.25) is 0 Å². The lowest BCUT2D eigenvalue weighted by molar-refractivity contribution is 0.199. The maximum absolute atomic E-state index is 4.97. The first-order chi connectivity index (χ1) is 8.74. The molecular weight excluding hydrogens is 292 g/mol. The highest BCUT2D eigenvalue weighted by Crippen LogP contribution is 2.17.